The van der Waals surface area contributed by atoms with E-state index in [0.29, 0.717) is 12.8 Å². The van der Waals surface area contributed by atoms with Gasteiger partial charge in [-0.1, -0.05) is 40.5 Å². The second kappa shape index (κ2) is 8.11. The van der Waals surface area contributed by atoms with Crippen LogP contribution in [-0.2, 0) is 9.59 Å². The summed E-state index contributed by atoms with van der Waals surface area (Å²) in [5, 5.41) is 11.6. The van der Waals surface area contributed by atoms with Crippen LogP contribution in [0.5, 0.6) is 0 Å². The lowest BCUT2D eigenvalue weighted by Crippen LogP contribution is -2.40. The Morgan fingerprint density at radius 2 is 1.83 bits per heavy atom. The van der Waals surface area contributed by atoms with E-state index in [-0.39, 0.29) is 11.3 Å². The first-order valence-corrected chi connectivity index (χ1v) is 6.78. The van der Waals surface area contributed by atoms with E-state index in [4.69, 9.17) is 5.11 Å². The molecule has 0 radical (unpaired) electrons. The van der Waals surface area contributed by atoms with Crippen molar-refractivity contribution < 1.29 is 14.7 Å². The fourth-order valence-electron chi connectivity index (χ4n) is 1.71. The fourth-order valence-corrected chi connectivity index (χ4v) is 1.71. The molecular formula is C14H27NO3. The molecule has 18 heavy (non-hydrogen) atoms. The van der Waals surface area contributed by atoms with Crippen molar-refractivity contribution in [2.75, 3.05) is 0 Å². The molecule has 4 nitrogen and oxygen atoms in total. The third kappa shape index (κ3) is 9.02. The molecule has 106 valence electrons. The van der Waals surface area contributed by atoms with Crippen LogP contribution < -0.4 is 5.32 Å². The van der Waals surface area contributed by atoms with E-state index >= 15 is 0 Å². The first kappa shape index (κ1) is 16.9. The van der Waals surface area contributed by atoms with E-state index in [1.54, 1.807) is 0 Å². The quantitative estimate of drug-likeness (QED) is 0.702. The van der Waals surface area contributed by atoms with Gasteiger partial charge in [-0.15, -0.1) is 0 Å². The van der Waals surface area contributed by atoms with Gasteiger partial charge in [0.2, 0.25) is 5.91 Å². The molecule has 0 aliphatic heterocycles. The molecule has 1 atom stereocenters. The van der Waals surface area contributed by atoms with Crippen LogP contribution in [0.15, 0.2) is 0 Å². The number of nitrogens with one attached hydrogen (secondary N) is 1. The molecule has 0 bridgehead atoms. The Morgan fingerprint density at radius 1 is 1.22 bits per heavy atom. The van der Waals surface area contributed by atoms with E-state index in [1.807, 2.05) is 6.92 Å². The lowest BCUT2D eigenvalue weighted by molar-refractivity contribution is -0.142. The zero-order valence-electron chi connectivity index (χ0n) is 12.1. The Balaban J connectivity index is 3.99. The maximum atomic E-state index is 11.6. The minimum atomic E-state index is -0.937. The standard InChI is InChI=1S/C14H27NO3/c1-5-6-8-11(13(17)18)15-12(16)9-7-10-14(2,3)4/h11H,5-10H2,1-4H3,(H,15,16)(H,17,18). The van der Waals surface area contributed by atoms with Gasteiger partial charge < -0.3 is 10.4 Å². The van der Waals surface area contributed by atoms with Gasteiger partial charge in [0.1, 0.15) is 6.04 Å². The Labute approximate surface area is 110 Å². The molecule has 0 aliphatic rings. The van der Waals surface area contributed by atoms with Crippen LogP contribution in [0.2, 0.25) is 0 Å². The predicted molar refractivity (Wildman–Crippen MR) is 72.4 cm³/mol. The number of amides is 1. The summed E-state index contributed by atoms with van der Waals surface area (Å²) in [6, 6.07) is -0.730. The Hall–Kier alpha value is -1.06. The summed E-state index contributed by atoms with van der Waals surface area (Å²) >= 11 is 0. The fraction of sp³-hybridized carbons (Fsp3) is 0.857. The van der Waals surface area contributed by atoms with E-state index in [2.05, 4.69) is 26.1 Å². The highest BCUT2D eigenvalue weighted by Gasteiger charge is 2.19. The minimum Gasteiger partial charge on any atom is -0.480 e. The van der Waals surface area contributed by atoms with Gasteiger partial charge >= 0.3 is 5.97 Å². The average molecular weight is 257 g/mol. The Kier molecular flexibility index (Phi) is 7.64. The van der Waals surface area contributed by atoms with Crippen LogP contribution in [0, 0.1) is 5.41 Å². The van der Waals surface area contributed by atoms with Crippen molar-refractivity contribution in [3.05, 3.63) is 0 Å². The molecule has 4 heteroatoms. The van der Waals surface area contributed by atoms with Crippen LogP contribution in [0.1, 0.15) is 66.2 Å². The zero-order valence-corrected chi connectivity index (χ0v) is 12.1. The molecule has 0 aliphatic carbocycles. The average Bonchev–Trinajstić information content (AvgIpc) is 2.21. The van der Waals surface area contributed by atoms with E-state index < -0.39 is 12.0 Å². The molecule has 0 heterocycles. The SMILES string of the molecule is CCCCC(NC(=O)CCCC(C)(C)C)C(=O)O. The number of rotatable bonds is 8. The van der Waals surface area contributed by atoms with Crippen molar-refractivity contribution in [1.29, 1.82) is 0 Å². The number of unbranched alkanes of at least 4 members (excludes halogenated alkanes) is 1. The van der Waals surface area contributed by atoms with Crippen LogP contribution in [-0.4, -0.2) is 23.0 Å². The molecular weight excluding hydrogens is 230 g/mol. The normalized spacial score (nSPS) is 13.1. The summed E-state index contributed by atoms with van der Waals surface area (Å²) in [5.41, 5.74) is 0.217. The minimum absolute atomic E-state index is 0.150. The summed E-state index contributed by atoms with van der Waals surface area (Å²) < 4.78 is 0. The van der Waals surface area contributed by atoms with Gasteiger partial charge in [-0.25, -0.2) is 4.79 Å². The second-order valence-corrected chi connectivity index (χ2v) is 6.01. The Morgan fingerprint density at radius 3 is 2.28 bits per heavy atom. The number of aliphatic carboxylic acids is 1. The summed E-state index contributed by atoms with van der Waals surface area (Å²) in [7, 11) is 0. The maximum absolute atomic E-state index is 11.6. The molecule has 0 rings (SSSR count). The van der Waals surface area contributed by atoms with Gasteiger partial charge in [-0.2, -0.15) is 0 Å². The molecule has 0 spiro atoms. The molecule has 2 N–H and O–H groups in total. The molecule has 0 saturated carbocycles. The first-order valence-electron chi connectivity index (χ1n) is 6.78. The number of carbonyl (C=O) groups excluding carboxylic acids is 1. The highest BCUT2D eigenvalue weighted by molar-refractivity contribution is 5.83. The summed E-state index contributed by atoms with van der Waals surface area (Å²) in [4.78, 5) is 22.6. The number of carboxylic acid groups (broad SMARTS) is 1. The van der Waals surface area contributed by atoms with E-state index in [0.717, 1.165) is 25.7 Å². The molecule has 0 aromatic rings. The van der Waals surface area contributed by atoms with Crippen molar-refractivity contribution in [3.63, 3.8) is 0 Å². The third-order valence-electron chi connectivity index (χ3n) is 2.81. The topological polar surface area (TPSA) is 66.4 Å². The molecule has 0 aromatic carbocycles. The molecule has 0 aromatic heterocycles. The van der Waals surface area contributed by atoms with Gasteiger partial charge in [0.25, 0.3) is 0 Å². The molecule has 0 saturated heterocycles. The molecule has 1 amide bonds. The van der Waals surface area contributed by atoms with Crippen LogP contribution in [0.4, 0.5) is 0 Å². The zero-order chi connectivity index (χ0) is 14.2. The third-order valence-corrected chi connectivity index (χ3v) is 2.81. The molecule has 1 unspecified atom stereocenters. The van der Waals surface area contributed by atoms with E-state index in [9.17, 15) is 9.59 Å². The summed E-state index contributed by atoms with van der Waals surface area (Å²) in [6.07, 6.45) is 4.44. The number of hydrogen-bond donors (Lipinski definition) is 2. The van der Waals surface area contributed by atoms with Gasteiger partial charge in [0.15, 0.2) is 0 Å². The largest absolute Gasteiger partial charge is 0.480 e. The lowest BCUT2D eigenvalue weighted by Gasteiger charge is -2.18. The lowest BCUT2D eigenvalue weighted by atomic mass is 9.90. The number of carbonyl (C=O) groups is 2. The number of hydrogen-bond acceptors (Lipinski definition) is 2. The smallest absolute Gasteiger partial charge is 0.326 e. The highest BCUT2D eigenvalue weighted by atomic mass is 16.4. The highest BCUT2D eigenvalue weighted by Crippen LogP contribution is 2.21. The van der Waals surface area contributed by atoms with Crippen molar-refractivity contribution in [2.24, 2.45) is 5.41 Å². The number of carboxylic acids is 1. The van der Waals surface area contributed by atoms with Gasteiger partial charge in [-0.3, -0.25) is 4.79 Å². The van der Waals surface area contributed by atoms with Gasteiger partial charge in [-0.05, 0) is 24.7 Å². The predicted octanol–water partition coefficient (Wildman–Crippen LogP) is 2.96. The van der Waals surface area contributed by atoms with Crippen molar-refractivity contribution >= 4 is 11.9 Å². The summed E-state index contributed by atoms with van der Waals surface area (Å²) in [5.74, 6) is -1.09. The van der Waals surface area contributed by atoms with E-state index in [1.165, 1.54) is 0 Å². The van der Waals surface area contributed by atoms with Crippen LogP contribution in [0.3, 0.4) is 0 Å². The van der Waals surface area contributed by atoms with Crippen molar-refractivity contribution in [3.8, 4) is 0 Å². The summed E-state index contributed by atoms with van der Waals surface area (Å²) in [6.45, 7) is 8.40. The second-order valence-electron chi connectivity index (χ2n) is 6.01. The van der Waals surface area contributed by atoms with Crippen LogP contribution in [0.25, 0.3) is 0 Å². The maximum Gasteiger partial charge on any atom is 0.326 e. The van der Waals surface area contributed by atoms with Crippen LogP contribution >= 0.6 is 0 Å². The van der Waals surface area contributed by atoms with Gasteiger partial charge in [0, 0.05) is 6.42 Å². The molecule has 0 fully saturated rings. The Bertz CT molecular complexity index is 269. The monoisotopic (exact) mass is 257 g/mol. The van der Waals surface area contributed by atoms with Gasteiger partial charge in [0.05, 0.1) is 0 Å². The van der Waals surface area contributed by atoms with Crippen molar-refractivity contribution in [1.82, 2.24) is 5.32 Å². The van der Waals surface area contributed by atoms with Crippen molar-refractivity contribution in [2.45, 2.75) is 72.3 Å². The first-order chi connectivity index (χ1) is 8.26.